The smallest absolute Gasteiger partial charge is 0.218 e. The van der Waals surface area contributed by atoms with Gasteiger partial charge in [-0.25, -0.2) is 8.42 Å². The van der Waals surface area contributed by atoms with Crippen LogP contribution in [0, 0.1) is 0 Å². The van der Waals surface area contributed by atoms with E-state index in [1.807, 2.05) is 54.6 Å². The molecule has 122 valence electrons. The predicted octanol–water partition coefficient (Wildman–Crippen LogP) is 3.36. The van der Waals surface area contributed by atoms with Crippen LogP contribution in [-0.2, 0) is 15.8 Å². The van der Waals surface area contributed by atoms with Crippen LogP contribution in [0.5, 0.6) is 5.75 Å². The first-order chi connectivity index (χ1) is 11.1. The van der Waals surface area contributed by atoms with Gasteiger partial charge in [0.05, 0.1) is 12.9 Å². The molecule has 0 bridgehead atoms. The van der Waals surface area contributed by atoms with Gasteiger partial charge in [0.25, 0.3) is 0 Å². The van der Waals surface area contributed by atoms with Gasteiger partial charge in [0.1, 0.15) is 5.75 Å². The van der Waals surface area contributed by atoms with Crippen LogP contribution in [0.25, 0.3) is 0 Å². The van der Waals surface area contributed by atoms with Gasteiger partial charge in [-0.3, -0.25) is 0 Å². The van der Waals surface area contributed by atoms with Crippen LogP contribution in [-0.4, -0.2) is 26.4 Å². The Bertz CT molecular complexity index is 742. The van der Waals surface area contributed by atoms with Crippen molar-refractivity contribution in [2.45, 2.75) is 24.6 Å². The molecule has 5 heteroatoms. The highest BCUT2D eigenvalue weighted by atomic mass is 32.2. The van der Waals surface area contributed by atoms with Crippen LogP contribution in [0.4, 0.5) is 0 Å². The molecular formula is C18H21NO3S. The molecule has 0 aromatic heterocycles. The second-order valence-electron chi connectivity index (χ2n) is 5.78. The van der Waals surface area contributed by atoms with E-state index in [0.717, 1.165) is 29.7 Å². The standard InChI is InChI=1S/C18H21NO3S/c1-22-17-11-9-16(10-12-17)18-8-5-13-19(18)23(20,21)14-15-6-3-2-4-7-15/h2-4,6-7,9-12,18H,5,8,13-14H2,1H3. The zero-order valence-electron chi connectivity index (χ0n) is 13.2. The Hall–Kier alpha value is -1.85. The minimum Gasteiger partial charge on any atom is -0.497 e. The van der Waals surface area contributed by atoms with E-state index in [1.54, 1.807) is 11.4 Å². The molecule has 0 spiro atoms. The van der Waals surface area contributed by atoms with Gasteiger partial charge >= 0.3 is 0 Å². The number of nitrogens with zero attached hydrogens (tertiary/aromatic N) is 1. The van der Waals surface area contributed by atoms with E-state index in [-0.39, 0.29) is 11.8 Å². The Morgan fingerprint density at radius 3 is 2.43 bits per heavy atom. The zero-order chi connectivity index (χ0) is 16.3. The Kier molecular flexibility index (Phi) is 4.68. The summed E-state index contributed by atoms with van der Waals surface area (Å²) >= 11 is 0. The van der Waals surface area contributed by atoms with Gasteiger partial charge in [-0.05, 0) is 36.1 Å². The van der Waals surface area contributed by atoms with E-state index in [2.05, 4.69) is 0 Å². The molecule has 0 amide bonds. The van der Waals surface area contributed by atoms with Crippen molar-refractivity contribution in [3.05, 3.63) is 65.7 Å². The fraction of sp³-hybridized carbons (Fsp3) is 0.333. The fourth-order valence-electron chi connectivity index (χ4n) is 3.10. The quantitative estimate of drug-likeness (QED) is 0.844. The molecule has 2 aromatic rings. The Labute approximate surface area is 137 Å². The van der Waals surface area contributed by atoms with E-state index in [0.29, 0.717) is 6.54 Å². The third-order valence-corrected chi connectivity index (χ3v) is 6.10. The third kappa shape index (κ3) is 3.57. The Morgan fingerprint density at radius 2 is 1.78 bits per heavy atom. The van der Waals surface area contributed by atoms with Gasteiger partial charge in [0.2, 0.25) is 10.0 Å². The van der Waals surface area contributed by atoms with Crippen LogP contribution in [0.15, 0.2) is 54.6 Å². The Morgan fingerprint density at radius 1 is 1.09 bits per heavy atom. The average molecular weight is 331 g/mol. The van der Waals surface area contributed by atoms with Crippen molar-refractivity contribution in [1.82, 2.24) is 4.31 Å². The first kappa shape index (κ1) is 16.0. The summed E-state index contributed by atoms with van der Waals surface area (Å²) in [5, 5.41) is 0. The molecule has 1 unspecified atom stereocenters. The van der Waals surface area contributed by atoms with Gasteiger partial charge in [-0.2, -0.15) is 4.31 Å². The SMILES string of the molecule is COc1ccc(C2CCCN2S(=O)(=O)Cc2ccccc2)cc1. The minimum absolute atomic E-state index is 0.0560. The molecule has 0 radical (unpaired) electrons. The number of sulfonamides is 1. The largest absolute Gasteiger partial charge is 0.497 e. The van der Waals surface area contributed by atoms with Crippen molar-refractivity contribution >= 4 is 10.0 Å². The van der Waals surface area contributed by atoms with Crippen molar-refractivity contribution in [2.24, 2.45) is 0 Å². The van der Waals surface area contributed by atoms with Crippen LogP contribution in [0.3, 0.4) is 0 Å². The van der Waals surface area contributed by atoms with E-state index < -0.39 is 10.0 Å². The number of benzene rings is 2. The molecule has 1 aliphatic heterocycles. The topological polar surface area (TPSA) is 46.6 Å². The van der Waals surface area contributed by atoms with E-state index in [1.165, 1.54) is 0 Å². The first-order valence-electron chi connectivity index (χ1n) is 7.77. The summed E-state index contributed by atoms with van der Waals surface area (Å²) in [5.41, 5.74) is 1.85. The summed E-state index contributed by atoms with van der Waals surface area (Å²) in [6.07, 6.45) is 1.76. The molecular weight excluding hydrogens is 310 g/mol. The lowest BCUT2D eigenvalue weighted by molar-refractivity contribution is 0.394. The predicted molar refractivity (Wildman–Crippen MR) is 90.7 cm³/mol. The van der Waals surface area contributed by atoms with Crippen molar-refractivity contribution < 1.29 is 13.2 Å². The number of hydrogen-bond donors (Lipinski definition) is 0. The maximum Gasteiger partial charge on any atom is 0.218 e. The van der Waals surface area contributed by atoms with Gasteiger partial charge in [0.15, 0.2) is 0 Å². The van der Waals surface area contributed by atoms with Gasteiger partial charge in [0, 0.05) is 12.6 Å². The summed E-state index contributed by atoms with van der Waals surface area (Å²) in [7, 11) is -1.70. The molecule has 1 fully saturated rings. The first-order valence-corrected chi connectivity index (χ1v) is 9.38. The minimum atomic E-state index is -3.32. The summed E-state index contributed by atoms with van der Waals surface area (Å²) < 4.78 is 32.4. The Balaban J connectivity index is 1.82. The molecule has 23 heavy (non-hydrogen) atoms. The molecule has 1 atom stereocenters. The van der Waals surface area contributed by atoms with Crippen LogP contribution < -0.4 is 4.74 Å². The van der Waals surface area contributed by atoms with Crippen molar-refractivity contribution in [3.63, 3.8) is 0 Å². The molecule has 2 aromatic carbocycles. The normalized spacial score (nSPS) is 18.9. The summed E-state index contributed by atoms with van der Waals surface area (Å²) in [6.45, 7) is 0.589. The highest BCUT2D eigenvalue weighted by molar-refractivity contribution is 7.88. The number of hydrogen-bond acceptors (Lipinski definition) is 3. The second-order valence-corrected chi connectivity index (χ2v) is 7.71. The average Bonchev–Trinajstić information content (AvgIpc) is 3.06. The summed E-state index contributed by atoms with van der Waals surface area (Å²) in [5.74, 6) is 0.839. The molecule has 1 heterocycles. The van der Waals surface area contributed by atoms with E-state index >= 15 is 0 Å². The molecule has 4 nitrogen and oxygen atoms in total. The molecule has 0 aliphatic carbocycles. The highest BCUT2D eigenvalue weighted by Gasteiger charge is 2.35. The highest BCUT2D eigenvalue weighted by Crippen LogP contribution is 2.35. The van der Waals surface area contributed by atoms with E-state index in [9.17, 15) is 8.42 Å². The van der Waals surface area contributed by atoms with Crippen molar-refractivity contribution in [3.8, 4) is 5.75 Å². The monoisotopic (exact) mass is 331 g/mol. The third-order valence-electron chi connectivity index (χ3n) is 4.25. The number of ether oxygens (including phenoxy) is 1. The maximum absolute atomic E-state index is 12.8. The lowest BCUT2D eigenvalue weighted by Gasteiger charge is -2.24. The van der Waals surface area contributed by atoms with Crippen LogP contribution in [0.1, 0.15) is 30.0 Å². The van der Waals surface area contributed by atoms with Crippen LogP contribution >= 0.6 is 0 Å². The van der Waals surface area contributed by atoms with Crippen molar-refractivity contribution in [2.75, 3.05) is 13.7 Å². The lowest BCUT2D eigenvalue weighted by Crippen LogP contribution is -2.31. The van der Waals surface area contributed by atoms with Crippen molar-refractivity contribution in [1.29, 1.82) is 0 Å². The summed E-state index contributed by atoms with van der Waals surface area (Å²) in [6, 6.07) is 17.0. The number of methoxy groups -OCH3 is 1. The van der Waals surface area contributed by atoms with Gasteiger partial charge < -0.3 is 4.74 Å². The van der Waals surface area contributed by atoms with Gasteiger partial charge in [-0.1, -0.05) is 42.5 Å². The second kappa shape index (κ2) is 6.72. The zero-order valence-corrected chi connectivity index (χ0v) is 14.0. The fourth-order valence-corrected chi connectivity index (χ4v) is 4.90. The summed E-state index contributed by atoms with van der Waals surface area (Å²) in [4.78, 5) is 0. The lowest BCUT2D eigenvalue weighted by atomic mass is 10.1. The van der Waals surface area contributed by atoms with Crippen LogP contribution in [0.2, 0.25) is 0 Å². The van der Waals surface area contributed by atoms with Gasteiger partial charge in [-0.15, -0.1) is 0 Å². The molecule has 1 saturated heterocycles. The number of rotatable bonds is 5. The molecule has 3 rings (SSSR count). The molecule has 0 N–H and O–H groups in total. The maximum atomic E-state index is 12.8. The van der Waals surface area contributed by atoms with E-state index in [4.69, 9.17) is 4.74 Å². The molecule has 0 saturated carbocycles. The molecule has 1 aliphatic rings.